The molecule has 3 aromatic rings. The number of furan rings is 1. The zero-order chi connectivity index (χ0) is 14.8. The number of benzene rings is 1. The normalized spacial score (nSPS) is 12.3. The van der Waals surface area contributed by atoms with Crippen LogP contribution in [0.15, 0.2) is 50.9 Å². The second-order valence-electron chi connectivity index (χ2n) is 4.84. The number of rotatable bonds is 4. The van der Waals surface area contributed by atoms with Gasteiger partial charge in [0.15, 0.2) is 4.67 Å². The average Bonchev–Trinajstić information content (AvgIpc) is 3.08. The van der Waals surface area contributed by atoms with Crippen molar-refractivity contribution < 1.29 is 4.42 Å². The van der Waals surface area contributed by atoms with Crippen molar-refractivity contribution in [1.29, 1.82) is 0 Å². The Bertz CT molecular complexity index is 750. The van der Waals surface area contributed by atoms with Crippen LogP contribution < -0.4 is 5.32 Å². The second kappa shape index (κ2) is 6.03. The Kier molecular flexibility index (Phi) is 4.12. The second-order valence-corrected chi connectivity index (χ2v) is 6.68. The number of nitrogens with zero attached hydrogens (tertiary/aromatic N) is 1. The Hall–Kier alpha value is -1.59. The van der Waals surface area contributed by atoms with Crippen molar-refractivity contribution in [2.45, 2.75) is 19.9 Å². The molecule has 0 radical (unpaired) electrons. The van der Waals surface area contributed by atoms with Crippen molar-refractivity contribution in [1.82, 2.24) is 4.98 Å². The van der Waals surface area contributed by atoms with E-state index in [4.69, 9.17) is 4.42 Å². The van der Waals surface area contributed by atoms with Crippen LogP contribution in [0.2, 0.25) is 0 Å². The maximum atomic E-state index is 5.58. The molecule has 21 heavy (non-hydrogen) atoms. The van der Waals surface area contributed by atoms with Gasteiger partial charge in [0.1, 0.15) is 5.76 Å². The zero-order valence-corrected chi connectivity index (χ0v) is 14.2. The molecule has 2 aromatic heterocycles. The highest BCUT2D eigenvalue weighted by Gasteiger charge is 2.10. The molecule has 0 spiro atoms. The Morgan fingerprint density at radius 1 is 1.29 bits per heavy atom. The maximum absolute atomic E-state index is 5.58. The Balaban J connectivity index is 1.80. The molecule has 0 bridgehead atoms. The molecular formula is C16H15BrN2OS. The lowest BCUT2D eigenvalue weighted by Gasteiger charge is -2.13. The molecule has 0 aliphatic heterocycles. The molecule has 3 nitrogen and oxygen atoms in total. The minimum atomic E-state index is 0.101. The van der Waals surface area contributed by atoms with Crippen LogP contribution in [0.3, 0.4) is 0 Å². The van der Waals surface area contributed by atoms with Gasteiger partial charge in [0.05, 0.1) is 16.7 Å². The fraction of sp³-hybridized carbons (Fsp3) is 0.188. The minimum absolute atomic E-state index is 0.101. The van der Waals surface area contributed by atoms with E-state index in [1.165, 1.54) is 0 Å². The van der Waals surface area contributed by atoms with Crippen LogP contribution in [0.25, 0.3) is 11.3 Å². The summed E-state index contributed by atoms with van der Waals surface area (Å²) in [6, 6.07) is 12.3. The summed E-state index contributed by atoms with van der Waals surface area (Å²) in [7, 11) is 0. The summed E-state index contributed by atoms with van der Waals surface area (Å²) in [6.07, 6.45) is 0. The summed E-state index contributed by atoms with van der Waals surface area (Å²) in [5, 5.41) is 6.62. The zero-order valence-electron chi connectivity index (χ0n) is 11.8. The van der Waals surface area contributed by atoms with Crippen molar-refractivity contribution in [2.24, 2.45) is 0 Å². The molecule has 0 saturated heterocycles. The molecule has 0 aliphatic rings. The smallest absolute Gasteiger partial charge is 0.169 e. The fourth-order valence-electron chi connectivity index (χ4n) is 2.15. The van der Waals surface area contributed by atoms with Crippen LogP contribution in [-0.2, 0) is 0 Å². The first-order chi connectivity index (χ1) is 10.1. The lowest BCUT2D eigenvalue weighted by molar-refractivity contribution is 0.471. The predicted molar refractivity (Wildman–Crippen MR) is 90.7 cm³/mol. The van der Waals surface area contributed by atoms with Gasteiger partial charge in [0, 0.05) is 16.6 Å². The van der Waals surface area contributed by atoms with Gasteiger partial charge in [0.2, 0.25) is 0 Å². The summed E-state index contributed by atoms with van der Waals surface area (Å²) in [5.74, 6) is 0.900. The van der Waals surface area contributed by atoms with E-state index < -0.39 is 0 Å². The van der Waals surface area contributed by atoms with Crippen molar-refractivity contribution in [2.75, 3.05) is 5.32 Å². The van der Waals surface area contributed by atoms with Crippen molar-refractivity contribution in [3.8, 4) is 11.3 Å². The van der Waals surface area contributed by atoms with E-state index in [-0.39, 0.29) is 6.04 Å². The Morgan fingerprint density at radius 2 is 2.14 bits per heavy atom. The summed E-state index contributed by atoms with van der Waals surface area (Å²) >= 11 is 5.00. The highest BCUT2D eigenvalue weighted by atomic mass is 79.9. The third-order valence-electron chi connectivity index (χ3n) is 3.18. The molecule has 1 unspecified atom stereocenters. The van der Waals surface area contributed by atoms with E-state index in [1.807, 2.05) is 25.1 Å². The van der Waals surface area contributed by atoms with Crippen LogP contribution in [-0.4, -0.2) is 4.98 Å². The van der Waals surface area contributed by atoms with Gasteiger partial charge >= 0.3 is 0 Å². The molecule has 3 rings (SSSR count). The number of hydrogen-bond donors (Lipinski definition) is 1. The van der Waals surface area contributed by atoms with E-state index in [1.54, 1.807) is 11.3 Å². The number of aromatic nitrogens is 1. The van der Waals surface area contributed by atoms with Gasteiger partial charge in [-0.3, -0.25) is 0 Å². The lowest BCUT2D eigenvalue weighted by atomic mass is 10.1. The first-order valence-corrected chi connectivity index (χ1v) is 8.33. The minimum Gasteiger partial charge on any atom is -0.452 e. The molecule has 1 N–H and O–H groups in total. The standard InChI is InChI=1S/C16H15BrN2OS/c1-10(15-6-7-16(17)20-15)18-13-5-3-4-12(8-13)14-9-21-11(2)19-14/h3-10,18H,1-2H3. The maximum Gasteiger partial charge on any atom is 0.169 e. The lowest BCUT2D eigenvalue weighted by Crippen LogP contribution is -2.05. The number of halogens is 1. The molecule has 0 amide bonds. The predicted octanol–water partition coefficient (Wildman–Crippen LogP) is 5.65. The first kappa shape index (κ1) is 14.4. The summed E-state index contributed by atoms with van der Waals surface area (Å²) < 4.78 is 6.33. The van der Waals surface area contributed by atoms with E-state index in [2.05, 4.69) is 56.7 Å². The highest BCUT2D eigenvalue weighted by Crippen LogP contribution is 2.27. The quantitative estimate of drug-likeness (QED) is 0.651. The topological polar surface area (TPSA) is 38.1 Å². The Labute approximate surface area is 136 Å². The van der Waals surface area contributed by atoms with Gasteiger partial charge in [-0.1, -0.05) is 12.1 Å². The Morgan fingerprint density at radius 3 is 2.81 bits per heavy atom. The number of aryl methyl sites for hydroxylation is 1. The van der Waals surface area contributed by atoms with Gasteiger partial charge in [-0.2, -0.15) is 0 Å². The van der Waals surface area contributed by atoms with Gasteiger partial charge in [0.25, 0.3) is 0 Å². The van der Waals surface area contributed by atoms with E-state index in [0.29, 0.717) is 0 Å². The number of thiazole rings is 1. The largest absolute Gasteiger partial charge is 0.452 e. The molecule has 108 valence electrons. The van der Waals surface area contributed by atoms with Gasteiger partial charge in [-0.25, -0.2) is 4.98 Å². The highest BCUT2D eigenvalue weighted by molar-refractivity contribution is 9.10. The van der Waals surface area contributed by atoms with Crippen LogP contribution in [0, 0.1) is 6.92 Å². The number of anilines is 1. The van der Waals surface area contributed by atoms with E-state index in [9.17, 15) is 0 Å². The molecule has 0 saturated carbocycles. The number of nitrogens with one attached hydrogen (secondary N) is 1. The molecule has 1 atom stereocenters. The molecule has 5 heteroatoms. The molecule has 0 aliphatic carbocycles. The summed E-state index contributed by atoms with van der Waals surface area (Å²) in [4.78, 5) is 4.53. The van der Waals surface area contributed by atoms with Gasteiger partial charge in [-0.15, -0.1) is 11.3 Å². The fourth-order valence-corrected chi connectivity index (χ4v) is 3.09. The first-order valence-electron chi connectivity index (χ1n) is 6.66. The van der Waals surface area contributed by atoms with Crippen LogP contribution >= 0.6 is 27.3 Å². The van der Waals surface area contributed by atoms with Crippen molar-refractivity contribution in [3.05, 3.63) is 57.2 Å². The van der Waals surface area contributed by atoms with E-state index in [0.717, 1.165) is 32.4 Å². The third kappa shape index (κ3) is 3.36. The van der Waals surface area contributed by atoms with Crippen LogP contribution in [0.4, 0.5) is 5.69 Å². The van der Waals surface area contributed by atoms with Crippen molar-refractivity contribution in [3.63, 3.8) is 0 Å². The van der Waals surface area contributed by atoms with Crippen LogP contribution in [0.5, 0.6) is 0 Å². The van der Waals surface area contributed by atoms with Crippen LogP contribution in [0.1, 0.15) is 23.7 Å². The molecular weight excluding hydrogens is 348 g/mol. The summed E-state index contributed by atoms with van der Waals surface area (Å²) in [6.45, 7) is 4.10. The SMILES string of the molecule is Cc1nc(-c2cccc(NC(C)c3ccc(Br)o3)c2)cs1. The van der Waals surface area contributed by atoms with Gasteiger partial charge in [-0.05, 0) is 54.0 Å². The average molecular weight is 363 g/mol. The molecule has 1 aromatic carbocycles. The molecule has 2 heterocycles. The molecule has 0 fully saturated rings. The van der Waals surface area contributed by atoms with Crippen molar-refractivity contribution >= 4 is 33.0 Å². The monoisotopic (exact) mass is 362 g/mol. The van der Waals surface area contributed by atoms with Gasteiger partial charge < -0.3 is 9.73 Å². The third-order valence-corrected chi connectivity index (χ3v) is 4.38. The summed E-state index contributed by atoms with van der Waals surface area (Å²) in [5.41, 5.74) is 3.20. The number of hydrogen-bond acceptors (Lipinski definition) is 4. The van der Waals surface area contributed by atoms with E-state index >= 15 is 0 Å².